The minimum Gasteiger partial charge on any atom is -0.370 e. The fourth-order valence-corrected chi connectivity index (χ4v) is 5.38. The van der Waals surface area contributed by atoms with E-state index in [0.717, 1.165) is 18.3 Å². The summed E-state index contributed by atoms with van der Waals surface area (Å²) >= 11 is 0.936. The highest BCUT2D eigenvalue weighted by atomic mass is 32.1. The van der Waals surface area contributed by atoms with Gasteiger partial charge in [-0.25, -0.2) is 32.5 Å². The molecule has 13 heteroatoms. The number of amidine groups is 1. The molecule has 1 aliphatic heterocycles. The van der Waals surface area contributed by atoms with Gasteiger partial charge in [0.2, 0.25) is 17.6 Å². The summed E-state index contributed by atoms with van der Waals surface area (Å²) in [6.45, 7) is 0.727. The Balaban J connectivity index is 1.67. The lowest BCUT2D eigenvalue weighted by Gasteiger charge is -2.44. The van der Waals surface area contributed by atoms with Gasteiger partial charge in [-0.15, -0.1) is 11.3 Å². The summed E-state index contributed by atoms with van der Waals surface area (Å²) in [5.41, 5.74) is 5.59. The van der Waals surface area contributed by atoms with Gasteiger partial charge in [-0.2, -0.15) is 8.78 Å². The van der Waals surface area contributed by atoms with Crippen LogP contribution < -0.4 is 16.4 Å². The summed E-state index contributed by atoms with van der Waals surface area (Å²) in [7, 11) is 0. The Hall–Kier alpha value is -1.89. The fourth-order valence-electron chi connectivity index (χ4n) is 4.53. The lowest BCUT2D eigenvalue weighted by Crippen LogP contribution is -2.60. The first kappa shape index (κ1) is 24.2. The highest BCUT2D eigenvalue weighted by molar-refractivity contribution is 7.11. The molecule has 2 aliphatic carbocycles. The molecule has 3 aliphatic rings. The molecule has 0 bridgehead atoms. The van der Waals surface area contributed by atoms with Crippen LogP contribution in [0, 0.1) is 5.92 Å². The van der Waals surface area contributed by atoms with Crippen molar-refractivity contribution >= 4 is 23.1 Å². The molecule has 1 atom stereocenters. The molecule has 2 heterocycles. The van der Waals surface area contributed by atoms with Crippen molar-refractivity contribution in [2.45, 2.75) is 87.9 Å². The molecule has 184 valence electrons. The van der Waals surface area contributed by atoms with Crippen LogP contribution in [0.3, 0.4) is 0 Å². The van der Waals surface area contributed by atoms with E-state index in [2.05, 4.69) is 25.6 Å². The minimum atomic E-state index is -3.15. The van der Waals surface area contributed by atoms with Gasteiger partial charge in [0.1, 0.15) is 5.69 Å². The summed E-state index contributed by atoms with van der Waals surface area (Å²) in [5.74, 6) is -10.6. The Morgan fingerprint density at radius 3 is 2.15 bits per heavy atom. The first-order valence-corrected chi connectivity index (χ1v) is 11.7. The van der Waals surface area contributed by atoms with Crippen molar-refractivity contribution in [2.75, 3.05) is 0 Å². The van der Waals surface area contributed by atoms with Crippen LogP contribution in [0.2, 0.25) is 0 Å². The lowest BCUT2D eigenvalue weighted by molar-refractivity contribution is -0.0629. The topological polar surface area (TPSA) is 87.7 Å². The third-order valence-electron chi connectivity index (χ3n) is 6.40. The zero-order valence-electron chi connectivity index (χ0n) is 18.0. The third-order valence-corrected chi connectivity index (χ3v) is 7.25. The number of thiazole rings is 1. The Morgan fingerprint density at radius 1 is 1.03 bits per heavy atom. The average Bonchev–Trinajstić information content (AvgIpc) is 3.20. The smallest absolute Gasteiger partial charge is 0.287 e. The number of nitrogens with one attached hydrogen (secondary N) is 2. The lowest BCUT2D eigenvalue weighted by atomic mass is 9.81. The van der Waals surface area contributed by atoms with E-state index in [-0.39, 0.29) is 74.2 Å². The van der Waals surface area contributed by atoms with Crippen LogP contribution in [0.5, 0.6) is 0 Å². The van der Waals surface area contributed by atoms with Gasteiger partial charge in [0, 0.05) is 49.9 Å². The van der Waals surface area contributed by atoms with Gasteiger partial charge in [-0.05, 0) is 25.7 Å². The molecule has 0 aromatic carbocycles. The second kappa shape index (κ2) is 8.40. The number of nitrogens with zero attached hydrogens (tertiary/aromatic N) is 3. The molecule has 4 rings (SSSR count). The van der Waals surface area contributed by atoms with Gasteiger partial charge >= 0.3 is 0 Å². The average molecular weight is 497 g/mol. The number of hydrogen-bond donors (Lipinski definition) is 3. The number of rotatable bonds is 5. The van der Waals surface area contributed by atoms with Gasteiger partial charge < -0.3 is 11.1 Å². The Morgan fingerprint density at radius 2 is 1.61 bits per heavy atom. The molecule has 2 saturated carbocycles. The van der Waals surface area contributed by atoms with Crippen LogP contribution in [0.1, 0.15) is 69.0 Å². The Kier molecular flexibility index (Phi) is 6.17. The zero-order chi connectivity index (χ0) is 24.1. The van der Waals surface area contributed by atoms with Gasteiger partial charge in [-0.1, -0.05) is 0 Å². The molecule has 1 aromatic rings. The highest BCUT2D eigenvalue weighted by Crippen LogP contribution is 2.44. The normalized spacial score (nSPS) is 28.7. The van der Waals surface area contributed by atoms with Crippen molar-refractivity contribution in [1.82, 2.24) is 15.6 Å². The van der Waals surface area contributed by atoms with E-state index in [1.807, 2.05) is 0 Å². The van der Waals surface area contributed by atoms with Gasteiger partial charge in [-0.3, -0.25) is 5.32 Å². The molecule has 2 fully saturated rings. The third kappa shape index (κ3) is 5.44. The standard InChI is InChI=1S/C20H26F6N6S/c1-17(21,22)13-10-33-15(28-13)14-29-16(27)32-20(31-14,11-2-6-18(23,24)7-3-11)30-12-4-8-19(25,26)9-5-12/h10-12,30H,2-9H2,1H3,(H3,27,29,31,32). The van der Waals surface area contributed by atoms with Crippen LogP contribution in [-0.2, 0) is 5.92 Å². The molecule has 1 unspecified atom stereocenters. The summed E-state index contributed by atoms with van der Waals surface area (Å²) in [6, 6.07) is -0.376. The number of aliphatic imine (C=N–C) groups is 2. The van der Waals surface area contributed by atoms with E-state index in [0.29, 0.717) is 0 Å². The number of guanidine groups is 1. The summed E-state index contributed by atoms with van der Waals surface area (Å²) < 4.78 is 82.4. The van der Waals surface area contributed by atoms with Crippen molar-refractivity contribution < 1.29 is 26.3 Å². The molecule has 33 heavy (non-hydrogen) atoms. The van der Waals surface area contributed by atoms with E-state index in [1.54, 1.807) is 0 Å². The zero-order valence-corrected chi connectivity index (χ0v) is 18.8. The number of aromatic nitrogens is 1. The predicted molar refractivity (Wildman–Crippen MR) is 113 cm³/mol. The van der Waals surface area contributed by atoms with Gasteiger partial charge in [0.15, 0.2) is 16.8 Å². The molecule has 0 spiro atoms. The number of hydrogen-bond acceptors (Lipinski definition) is 7. The maximum atomic E-state index is 13.9. The quantitative estimate of drug-likeness (QED) is 0.522. The largest absolute Gasteiger partial charge is 0.370 e. The second-order valence-electron chi connectivity index (χ2n) is 9.14. The molecular weight excluding hydrogens is 470 g/mol. The monoisotopic (exact) mass is 496 g/mol. The Labute approximate surface area is 191 Å². The molecular formula is C20H26F6N6S. The second-order valence-corrected chi connectivity index (χ2v) is 10.00. The number of nitrogens with two attached hydrogens (primary N) is 1. The first-order chi connectivity index (χ1) is 15.3. The SMILES string of the molecule is CC(F)(F)c1csc(C2=NC(NC3CCC(F)(F)CC3)(C3CCC(F)(F)CC3)N=C(N)N2)n1. The summed E-state index contributed by atoms with van der Waals surface area (Å²) in [6.07, 6.45) is -0.831. The number of halogens is 6. The minimum absolute atomic E-state index is 0.0778. The van der Waals surface area contributed by atoms with Crippen LogP contribution >= 0.6 is 11.3 Å². The van der Waals surface area contributed by atoms with E-state index in [4.69, 9.17) is 5.73 Å². The number of alkyl halides is 6. The molecule has 6 nitrogen and oxygen atoms in total. The Bertz CT molecular complexity index is 922. The van der Waals surface area contributed by atoms with Crippen LogP contribution in [0.15, 0.2) is 15.4 Å². The van der Waals surface area contributed by atoms with Gasteiger partial charge in [0.05, 0.1) is 0 Å². The molecule has 0 saturated heterocycles. The molecule has 0 amide bonds. The summed E-state index contributed by atoms with van der Waals surface area (Å²) in [5, 5.41) is 7.31. The van der Waals surface area contributed by atoms with Crippen molar-refractivity contribution in [3.8, 4) is 0 Å². The van der Waals surface area contributed by atoms with Gasteiger partial charge in [0.25, 0.3) is 5.92 Å². The van der Waals surface area contributed by atoms with Crippen molar-refractivity contribution in [3.05, 3.63) is 16.1 Å². The first-order valence-electron chi connectivity index (χ1n) is 10.9. The maximum absolute atomic E-state index is 13.9. The fraction of sp³-hybridized carbons (Fsp3) is 0.750. The van der Waals surface area contributed by atoms with E-state index >= 15 is 0 Å². The van der Waals surface area contributed by atoms with Crippen molar-refractivity contribution in [3.63, 3.8) is 0 Å². The molecule has 1 aromatic heterocycles. The summed E-state index contributed by atoms with van der Waals surface area (Å²) in [4.78, 5) is 13.0. The molecule has 0 radical (unpaired) electrons. The highest BCUT2D eigenvalue weighted by Gasteiger charge is 2.49. The maximum Gasteiger partial charge on any atom is 0.287 e. The predicted octanol–water partition coefficient (Wildman–Crippen LogP) is 4.57. The van der Waals surface area contributed by atoms with Crippen LogP contribution in [0.4, 0.5) is 26.3 Å². The van der Waals surface area contributed by atoms with E-state index < -0.39 is 35.2 Å². The van der Waals surface area contributed by atoms with Crippen molar-refractivity contribution in [2.24, 2.45) is 21.6 Å². The van der Waals surface area contributed by atoms with Crippen molar-refractivity contribution in [1.29, 1.82) is 0 Å². The van der Waals surface area contributed by atoms with Crippen LogP contribution in [-0.4, -0.2) is 40.5 Å². The van der Waals surface area contributed by atoms with E-state index in [9.17, 15) is 26.3 Å². The van der Waals surface area contributed by atoms with E-state index in [1.165, 1.54) is 5.38 Å². The van der Waals surface area contributed by atoms with Crippen LogP contribution in [0.25, 0.3) is 0 Å². The molecule has 4 N–H and O–H groups in total.